The van der Waals surface area contributed by atoms with Crippen molar-refractivity contribution in [3.63, 3.8) is 0 Å². The van der Waals surface area contributed by atoms with Crippen molar-refractivity contribution in [2.24, 2.45) is 5.92 Å². The Kier molecular flexibility index (Phi) is 4.89. The number of hydrogen-bond acceptors (Lipinski definition) is 4. The fraction of sp³-hybridized carbons (Fsp3) is 0.900. The van der Waals surface area contributed by atoms with Crippen molar-refractivity contribution in [2.45, 2.75) is 19.8 Å². The predicted octanol–water partition coefficient (Wildman–Crippen LogP) is 0.264. The molecule has 1 heterocycles. The minimum Gasteiger partial charge on any atom is -0.385 e. The van der Waals surface area contributed by atoms with E-state index < -0.39 is 10.0 Å². The molecule has 1 atom stereocenters. The molecule has 16 heavy (non-hydrogen) atoms. The van der Waals surface area contributed by atoms with Gasteiger partial charge >= 0.3 is 0 Å². The molecule has 0 aromatic rings. The number of sulfonamides is 1. The van der Waals surface area contributed by atoms with Gasteiger partial charge in [0.1, 0.15) is 5.78 Å². The highest BCUT2D eigenvalue weighted by atomic mass is 32.2. The number of ether oxygens (including phenoxy) is 1. The molecule has 5 nitrogen and oxygen atoms in total. The highest BCUT2D eigenvalue weighted by Crippen LogP contribution is 2.16. The van der Waals surface area contributed by atoms with Crippen molar-refractivity contribution in [3.05, 3.63) is 0 Å². The van der Waals surface area contributed by atoms with Crippen LogP contribution in [0.4, 0.5) is 0 Å². The summed E-state index contributed by atoms with van der Waals surface area (Å²) in [6.07, 6.45) is 0.836. The summed E-state index contributed by atoms with van der Waals surface area (Å²) in [6, 6.07) is 0. The van der Waals surface area contributed by atoms with Crippen LogP contribution in [0.15, 0.2) is 0 Å². The van der Waals surface area contributed by atoms with Crippen LogP contribution >= 0.6 is 0 Å². The van der Waals surface area contributed by atoms with E-state index in [0.717, 1.165) is 0 Å². The van der Waals surface area contributed by atoms with Crippen LogP contribution in [0.5, 0.6) is 0 Å². The Labute approximate surface area is 96.8 Å². The van der Waals surface area contributed by atoms with E-state index in [9.17, 15) is 13.2 Å². The molecule has 0 spiro atoms. The molecule has 1 unspecified atom stereocenters. The van der Waals surface area contributed by atoms with Gasteiger partial charge in [0.2, 0.25) is 10.0 Å². The highest BCUT2D eigenvalue weighted by molar-refractivity contribution is 7.89. The average Bonchev–Trinajstić information content (AvgIpc) is 2.22. The van der Waals surface area contributed by atoms with Crippen LogP contribution in [0.1, 0.15) is 19.8 Å². The zero-order valence-corrected chi connectivity index (χ0v) is 10.6. The number of hydrogen-bond donors (Lipinski definition) is 0. The van der Waals surface area contributed by atoms with E-state index in [2.05, 4.69) is 0 Å². The summed E-state index contributed by atoms with van der Waals surface area (Å²) < 4.78 is 30.0. The summed E-state index contributed by atoms with van der Waals surface area (Å²) in [7, 11) is -1.66. The van der Waals surface area contributed by atoms with E-state index in [0.29, 0.717) is 32.5 Å². The Morgan fingerprint density at radius 3 is 2.75 bits per heavy atom. The molecule has 0 aromatic heterocycles. The molecule has 0 radical (unpaired) electrons. The van der Waals surface area contributed by atoms with Crippen molar-refractivity contribution in [2.75, 3.05) is 32.6 Å². The molecule has 6 heteroatoms. The lowest BCUT2D eigenvalue weighted by molar-refractivity contribution is -0.124. The maximum Gasteiger partial charge on any atom is 0.214 e. The molecule has 1 fully saturated rings. The van der Waals surface area contributed by atoms with Crippen LogP contribution in [-0.4, -0.2) is 51.1 Å². The van der Waals surface area contributed by atoms with Gasteiger partial charge in [0.05, 0.1) is 5.75 Å². The summed E-state index contributed by atoms with van der Waals surface area (Å²) in [5.74, 6) is 0.0798. The van der Waals surface area contributed by atoms with E-state index in [1.54, 1.807) is 14.0 Å². The lowest BCUT2D eigenvalue weighted by atomic mass is 10.0. The summed E-state index contributed by atoms with van der Waals surface area (Å²) in [5, 5.41) is 0. The van der Waals surface area contributed by atoms with E-state index in [-0.39, 0.29) is 17.5 Å². The molecule has 0 amide bonds. The van der Waals surface area contributed by atoms with Gasteiger partial charge in [-0.15, -0.1) is 0 Å². The molecule has 1 aliphatic heterocycles. The fourth-order valence-electron chi connectivity index (χ4n) is 1.75. The van der Waals surface area contributed by atoms with Crippen molar-refractivity contribution >= 4 is 15.8 Å². The molecule has 1 saturated heterocycles. The standard InChI is InChI=1S/C10H19NO4S/c1-9-8-11(5-4-10(9)12)16(13,14)7-3-6-15-2/h9H,3-8H2,1-2H3. The van der Waals surface area contributed by atoms with Gasteiger partial charge in [-0.1, -0.05) is 6.92 Å². The first kappa shape index (κ1) is 13.6. The smallest absolute Gasteiger partial charge is 0.214 e. The van der Waals surface area contributed by atoms with Crippen LogP contribution in [0.2, 0.25) is 0 Å². The van der Waals surface area contributed by atoms with Gasteiger partial charge in [-0.2, -0.15) is 0 Å². The predicted molar refractivity (Wildman–Crippen MR) is 60.6 cm³/mol. The van der Waals surface area contributed by atoms with Gasteiger partial charge in [0, 0.05) is 39.1 Å². The molecule has 0 aromatic carbocycles. The second kappa shape index (κ2) is 5.75. The Hall–Kier alpha value is -0.460. The van der Waals surface area contributed by atoms with Gasteiger partial charge in [-0.25, -0.2) is 12.7 Å². The lowest BCUT2D eigenvalue weighted by Crippen LogP contribution is -2.44. The van der Waals surface area contributed by atoms with Crippen molar-refractivity contribution < 1.29 is 17.9 Å². The molecule has 1 rings (SSSR count). The number of methoxy groups -OCH3 is 1. The summed E-state index contributed by atoms with van der Waals surface area (Å²) in [5.41, 5.74) is 0. The van der Waals surface area contributed by atoms with Crippen LogP contribution in [0.3, 0.4) is 0 Å². The van der Waals surface area contributed by atoms with E-state index in [4.69, 9.17) is 4.74 Å². The number of rotatable bonds is 5. The Balaban J connectivity index is 2.53. The molecule has 0 saturated carbocycles. The van der Waals surface area contributed by atoms with Gasteiger partial charge in [-0.05, 0) is 6.42 Å². The SMILES string of the molecule is COCCCS(=O)(=O)N1CCC(=O)C(C)C1. The Morgan fingerprint density at radius 2 is 2.19 bits per heavy atom. The number of carbonyl (C=O) groups excluding carboxylic acids is 1. The second-order valence-corrected chi connectivity index (χ2v) is 6.23. The largest absolute Gasteiger partial charge is 0.385 e. The topological polar surface area (TPSA) is 63.7 Å². The third kappa shape index (κ3) is 3.54. The minimum atomic E-state index is -3.21. The average molecular weight is 249 g/mol. The number of piperidine rings is 1. The number of carbonyl (C=O) groups is 1. The van der Waals surface area contributed by atoms with E-state index in [1.807, 2.05) is 0 Å². The van der Waals surface area contributed by atoms with Crippen LogP contribution in [0.25, 0.3) is 0 Å². The third-order valence-electron chi connectivity index (χ3n) is 2.78. The van der Waals surface area contributed by atoms with Crippen LogP contribution < -0.4 is 0 Å². The molecule has 0 N–H and O–H groups in total. The normalized spacial score (nSPS) is 23.6. The molecule has 0 bridgehead atoms. The van der Waals surface area contributed by atoms with E-state index >= 15 is 0 Å². The molecule has 0 aliphatic carbocycles. The minimum absolute atomic E-state index is 0.0990. The Morgan fingerprint density at radius 1 is 1.50 bits per heavy atom. The maximum absolute atomic E-state index is 11.9. The zero-order chi connectivity index (χ0) is 12.2. The number of nitrogens with zero attached hydrogens (tertiary/aromatic N) is 1. The summed E-state index contributed by atoms with van der Waals surface area (Å²) in [4.78, 5) is 11.3. The number of ketones is 1. The zero-order valence-electron chi connectivity index (χ0n) is 9.81. The van der Waals surface area contributed by atoms with E-state index in [1.165, 1.54) is 4.31 Å². The first-order valence-electron chi connectivity index (χ1n) is 5.47. The number of Topliss-reactive ketones (excluding diaryl/α,β-unsaturated/α-hetero) is 1. The third-order valence-corrected chi connectivity index (χ3v) is 4.70. The molecular weight excluding hydrogens is 230 g/mol. The monoisotopic (exact) mass is 249 g/mol. The quantitative estimate of drug-likeness (QED) is 0.656. The lowest BCUT2D eigenvalue weighted by Gasteiger charge is -2.29. The van der Waals surface area contributed by atoms with Gasteiger partial charge in [0.15, 0.2) is 0 Å². The van der Waals surface area contributed by atoms with Gasteiger partial charge < -0.3 is 4.74 Å². The summed E-state index contributed by atoms with van der Waals surface area (Å²) in [6.45, 7) is 2.88. The van der Waals surface area contributed by atoms with Gasteiger partial charge in [0.25, 0.3) is 0 Å². The Bertz CT molecular complexity index is 339. The van der Waals surface area contributed by atoms with Crippen molar-refractivity contribution in [1.29, 1.82) is 0 Å². The molecular formula is C10H19NO4S. The van der Waals surface area contributed by atoms with Crippen LogP contribution in [-0.2, 0) is 19.6 Å². The van der Waals surface area contributed by atoms with Crippen molar-refractivity contribution in [3.8, 4) is 0 Å². The van der Waals surface area contributed by atoms with Gasteiger partial charge in [-0.3, -0.25) is 4.79 Å². The first-order chi connectivity index (χ1) is 7.47. The highest BCUT2D eigenvalue weighted by Gasteiger charge is 2.30. The second-order valence-electron chi connectivity index (χ2n) is 4.14. The van der Waals surface area contributed by atoms with Crippen LogP contribution in [0, 0.1) is 5.92 Å². The maximum atomic E-state index is 11.9. The molecule has 94 valence electrons. The molecule has 1 aliphatic rings. The summed E-state index contributed by atoms with van der Waals surface area (Å²) >= 11 is 0. The fourth-order valence-corrected chi connectivity index (χ4v) is 3.31. The van der Waals surface area contributed by atoms with Crippen molar-refractivity contribution in [1.82, 2.24) is 4.31 Å². The first-order valence-corrected chi connectivity index (χ1v) is 7.08.